The second-order valence-electron chi connectivity index (χ2n) is 4.76. The molecule has 0 radical (unpaired) electrons. The van der Waals surface area contributed by atoms with Crippen LogP contribution in [0.2, 0.25) is 0 Å². The summed E-state index contributed by atoms with van der Waals surface area (Å²) in [7, 11) is -3.63. The zero-order chi connectivity index (χ0) is 15.3. The Morgan fingerprint density at radius 2 is 2.05 bits per heavy atom. The van der Waals surface area contributed by atoms with Crippen molar-refractivity contribution in [3.05, 3.63) is 29.8 Å². The molecule has 0 aliphatic heterocycles. The Labute approximate surface area is 125 Å². The molecule has 1 aliphatic rings. The van der Waals surface area contributed by atoms with Gasteiger partial charge >= 0.3 is 0 Å². The number of nitrogens with two attached hydrogens (primary N) is 1. The van der Waals surface area contributed by atoms with E-state index >= 15 is 0 Å². The Hall–Kier alpha value is -1.86. The molecule has 21 heavy (non-hydrogen) atoms. The molecule has 1 aromatic carbocycles. The van der Waals surface area contributed by atoms with Crippen molar-refractivity contribution in [2.75, 3.05) is 13.1 Å². The van der Waals surface area contributed by atoms with E-state index in [4.69, 9.17) is 11.0 Å². The van der Waals surface area contributed by atoms with Gasteiger partial charge in [-0.15, -0.1) is 0 Å². The highest BCUT2D eigenvalue weighted by Gasteiger charge is 2.38. The summed E-state index contributed by atoms with van der Waals surface area (Å²) in [5.74, 6) is 5.49. The van der Waals surface area contributed by atoms with Crippen LogP contribution in [0, 0.1) is 23.2 Å². The fourth-order valence-corrected chi connectivity index (χ4v) is 3.92. The second-order valence-corrected chi connectivity index (χ2v) is 6.62. The summed E-state index contributed by atoms with van der Waals surface area (Å²) in [5, 5.41) is 8.72. The minimum atomic E-state index is -3.63. The molecule has 0 saturated heterocycles. The van der Waals surface area contributed by atoms with E-state index in [-0.39, 0.29) is 30.4 Å². The molecule has 5 nitrogen and oxygen atoms in total. The molecule has 0 spiro atoms. The third kappa shape index (κ3) is 3.62. The predicted molar refractivity (Wildman–Crippen MR) is 79.5 cm³/mol. The number of hydrogen-bond donors (Lipinski definition) is 1. The van der Waals surface area contributed by atoms with Gasteiger partial charge in [0, 0.05) is 24.6 Å². The van der Waals surface area contributed by atoms with Crippen LogP contribution in [0.1, 0.15) is 24.8 Å². The Bertz CT molecular complexity index is 706. The molecule has 2 rings (SSSR count). The van der Waals surface area contributed by atoms with Gasteiger partial charge in [0.05, 0.1) is 17.5 Å². The van der Waals surface area contributed by atoms with Gasteiger partial charge in [-0.3, -0.25) is 0 Å². The van der Waals surface area contributed by atoms with Crippen molar-refractivity contribution in [1.29, 1.82) is 5.26 Å². The highest BCUT2D eigenvalue weighted by Crippen LogP contribution is 2.32. The van der Waals surface area contributed by atoms with Crippen LogP contribution in [0.25, 0.3) is 0 Å². The molecule has 1 fully saturated rings. The van der Waals surface area contributed by atoms with Gasteiger partial charge in [0.2, 0.25) is 10.0 Å². The number of benzene rings is 1. The van der Waals surface area contributed by atoms with Crippen LogP contribution in [0.15, 0.2) is 29.2 Å². The standard InChI is InChI=1S/C15H17N3O2S/c16-10-3-6-13-5-1-2-7-15(13)21(19,20)18(12-4-11-17)14-8-9-14/h1-2,5,7,14H,4,8-10,12,16H2. The molecule has 0 heterocycles. The van der Waals surface area contributed by atoms with Crippen molar-refractivity contribution in [2.45, 2.75) is 30.2 Å². The Morgan fingerprint density at radius 1 is 1.33 bits per heavy atom. The first-order valence-electron chi connectivity index (χ1n) is 6.78. The van der Waals surface area contributed by atoms with E-state index in [1.807, 2.05) is 6.07 Å². The summed E-state index contributed by atoms with van der Waals surface area (Å²) < 4.78 is 27.1. The first-order valence-corrected chi connectivity index (χ1v) is 8.22. The lowest BCUT2D eigenvalue weighted by molar-refractivity contribution is 0.410. The summed E-state index contributed by atoms with van der Waals surface area (Å²) in [4.78, 5) is 0.191. The van der Waals surface area contributed by atoms with Crippen molar-refractivity contribution in [2.24, 2.45) is 5.73 Å². The summed E-state index contributed by atoms with van der Waals surface area (Å²) in [5.41, 5.74) is 5.80. The summed E-state index contributed by atoms with van der Waals surface area (Å²) in [6, 6.07) is 8.66. The number of sulfonamides is 1. The molecule has 0 bridgehead atoms. The van der Waals surface area contributed by atoms with Gasteiger partial charge in [-0.2, -0.15) is 9.57 Å². The Balaban J connectivity index is 2.40. The van der Waals surface area contributed by atoms with Crippen LogP contribution in [0.3, 0.4) is 0 Å². The van der Waals surface area contributed by atoms with Gasteiger partial charge in [0.1, 0.15) is 0 Å². The predicted octanol–water partition coefficient (Wildman–Crippen LogP) is 1.06. The molecule has 0 atom stereocenters. The lowest BCUT2D eigenvalue weighted by Gasteiger charge is -2.21. The molecule has 110 valence electrons. The molecule has 6 heteroatoms. The van der Waals surface area contributed by atoms with Gasteiger partial charge in [0.25, 0.3) is 0 Å². The molecular weight excluding hydrogens is 286 g/mol. The molecule has 1 aliphatic carbocycles. The molecular formula is C15H17N3O2S. The van der Waals surface area contributed by atoms with Crippen LogP contribution in [-0.4, -0.2) is 31.9 Å². The van der Waals surface area contributed by atoms with Crippen molar-refractivity contribution in [3.8, 4) is 17.9 Å². The van der Waals surface area contributed by atoms with Crippen molar-refractivity contribution < 1.29 is 8.42 Å². The van der Waals surface area contributed by atoms with E-state index in [9.17, 15) is 8.42 Å². The van der Waals surface area contributed by atoms with Crippen LogP contribution in [0.4, 0.5) is 0 Å². The van der Waals surface area contributed by atoms with E-state index in [0.717, 1.165) is 12.8 Å². The zero-order valence-corrected chi connectivity index (χ0v) is 12.4. The van der Waals surface area contributed by atoms with E-state index in [1.54, 1.807) is 24.3 Å². The van der Waals surface area contributed by atoms with Crippen LogP contribution in [-0.2, 0) is 10.0 Å². The quantitative estimate of drug-likeness (QED) is 0.824. The highest BCUT2D eigenvalue weighted by atomic mass is 32.2. The number of hydrogen-bond acceptors (Lipinski definition) is 4. The fraction of sp³-hybridized carbons (Fsp3) is 0.400. The van der Waals surface area contributed by atoms with Gasteiger partial charge in [-0.25, -0.2) is 8.42 Å². The lowest BCUT2D eigenvalue weighted by atomic mass is 10.2. The van der Waals surface area contributed by atoms with Gasteiger partial charge in [-0.1, -0.05) is 24.0 Å². The monoisotopic (exact) mass is 303 g/mol. The van der Waals surface area contributed by atoms with E-state index in [0.29, 0.717) is 5.56 Å². The minimum Gasteiger partial charge on any atom is -0.320 e. The van der Waals surface area contributed by atoms with Crippen molar-refractivity contribution in [1.82, 2.24) is 4.31 Å². The number of nitriles is 1. The SMILES string of the molecule is N#CCCN(C1CC1)S(=O)(=O)c1ccccc1C#CCN. The molecule has 0 aromatic heterocycles. The molecule has 1 aromatic rings. The first kappa shape index (κ1) is 15.5. The first-order chi connectivity index (χ1) is 10.1. The van der Waals surface area contributed by atoms with Crippen LogP contribution < -0.4 is 5.73 Å². The molecule has 0 amide bonds. The second kappa shape index (κ2) is 6.73. The Kier molecular flexibility index (Phi) is 4.98. The number of nitrogens with zero attached hydrogens (tertiary/aromatic N) is 2. The third-order valence-corrected chi connectivity index (χ3v) is 5.21. The molecule has 1 saturated carbocycles. The van der Waals surface area contributed by atoms with E-state index < -0.39 is 10.0 Å². The maximum absolute atomic E-state index is 12.8. The van der Waals surface area contributed by atoms with Crippen molar-refractivity contribution >= 4 is 10.0 Å². The average molecular weight is 303 g/mol. The molecule has 0 unspecified atom stereocenters. The zero-order valence-electron chi connectivity index (χ0n) is 11.6. The van der Waals surface area contributed by atoms with Crippen molar-refractivity contribution in [3.63, 3.8) is 0 Å². The maximum Gasteiger partial charge on any atom is 0.244 e. The van der Waals surface area contributed by atoms with Crippen LogP contribution in [0.5, 0.6) is 0 Å². The van der Waals surface area contributed by atoms with Gasteiger partial charge < -0.3 is 5.73 Å². The number of rotatable bonds is 5. The lowest BCUT2D eigenvalue weighted by Crippen LogP contribution is -2.34. The van der Waals surface area contributed by atoms with E-state index in [2.05, 4.69) is 11.8 Å². The summed E-state index contributed by atoms with van der Waals surface area (Å²) >= 11 is 0. The maximum atomic E-state index is 12.8. The van der Waals surface area contributed by atoms with Crippen LogP contribution >= 0.6 is 0 Å². The minimum absolute atomic E-state index is 0.0128. The largest absolute Gasteiger partial charge is 0.320 e. The Morgan fingerprint density at radius 3 is 2.67 bits per heavy atom. The van der Waals surface area contributed by atoms with Gasteiger partial charge in [-0.05, 0) is 25.0 Å². The topological polar surface area (TPSA) is 87.2 Å². The normalized spacial score (nSPS) is 14.3. The summed E-state index contributed by atoms with van der Waals surface area (Å²) in [6.45, 7) is 0.400. The van der Waals surface area contributed by atoms with Gasteiger partial charge in [0.15, 0.2) is 0 Å². The third-order valence-electron chi connectivity index (χ3n) is 3.20. The summed E-state index contributed by atoms with van der Waals surface area (Å²) in [6.07, 6.45) is 1.88. The smallest absolute Gasteiger partial charge is 0.244 e. The average Bonchev–Trinajstić information content (AvgIpc) is 3.30. The highest BCUT2D eigenvalue weighted by molar-refractivity contribution is 7.89. The van der Waals surface area contributed by atoms with E-state index in [1.165, 1.54) is 4.31 Å². The fourth-order valence-electron chi connectivity index (χ4n) is 2.09. The molecule has 2 N–H and O–H groups in total.